The van der Waals surface area contributed by atoms with Crippen molar-refractivity contribution in [2.45, 2.75) is 19.8 Å². The van der Waals surface area contributed by atoms with Crippen molar-refractivity contribution < 1.29 is 0 Å². The fourth-order valence-corrected chi connectivity index (χ4v) is 2.02. The second-order valence-electron chi connectivity index (χ2n) is 4.65. The molecule has 0 unspecified atom stereocenters. The molecule has 4 nitrogen and oxygen atoms in total. The zero-order valence-electron chi connectivity index (χ0n) is 11.8. The van der Waals surface area contributed by atoms with E-state index in [1.165, 1.54) is 6.42 Å². The maximum atomic E-state index is 5.96. The average Bonchev–Trinajstić information content (AvgIpc) is 2.45. The van der Waals surface area contributed by atoms with Crippen LogP contribution >= 0.6 is 11.6 Å². The van der Waals surface area contributed by atoms with Gasteiger partial charge in [-0.1, -0.05) is 31.0 Å². The van der Waals surface area contributed by atoms with Crippen molar-refractivity contribution in [1.82, 2.24) is 9.97 Å². The lowest BCUT2D eigenvalue weighted by atomic mass is 10.3. The van der Waals surface area contributed by atoms with Gasteiger partial charge in [-0.05, 0) is 30.7 Å². The second kappa shape index (κ2) is 7.10. The van der Waals surface area contributed by atoms with Crippen LogP contribution in [0.4, 0.5) is 17.5 Å². The highest BCUT2D eigenvalue weighted by Crippen LogP contribution is 2.19. The van der Waals surface area contributed by atoms with Crippen molar-refractivity contribution in [2.24, 2.45) is 0 Å². The highest BCUT2D eigenvalue weighted by molar-refractivity contribution is 6.30. The number of unbranched alkanes of at least 4 members (excludes halogenated alkanes) is 1. The standard InChI is InChI=1S/C15H19ClN4/c1-3-4-10-20(2)14-8-9-17-15(19-14)18-13-7-5-6-12(16)11-13/h5-9,11H,3-4,10H2,1-2H3,(H,17,18,19). The Bertz CT molecular complexity index is 559. The summed E-state index contributed by atoms with van der Waals surface area (Å²) in [4.78, 5) is 10.9. The molecule has 1 aromatic carbocycles. The Morgan fingerprint density at radius 2 is 2.15 bits per heavy atom. The first-order valence-electron chi connectivity index (χ1n) is 6.76. The minimum atomic E-state index is 0.577. The van der Waals surface area contributed by atoms with Crippen LogP contribution in [0.2, 0.25) is 5.02 Å². The number of aromatic nitrogens is 2. The third kappa shape index (κ3) is 4.10. The van der Waals surface area contributed by atoms with E-state index in [1.54, 1.807) is 6.20 Å². The lowest BCUT2D eigenvalue weighted by molar-refractivity contribution is 0.759. The fraction of sp³-hybridized carbons (Fsp3) is 0.333. The Kier molecular flexibility index (Phi) is 5.18. The molecule has 2 aromatic rings. The molecular weight excluding hydrogens is 272 g/mol. The molecule has 2 rings (SSSR count). The lowest BCUT2D eigenvalue weighted by Gasteiger charge is -2.18. The largest absolute Gasteiger partial charge is 0.360 e. The summed E-state index contributed by atoms with van der Waals surface area (Å²) in [6.07, 6.45) is 4.08. The number of halogens is 1. The Morgan fingerprint density at radius 3 is 2.90 bits per heavy atom. The third-order valence-electron chi connectivity index (χ3n) is 2.96. The monoisotopic (exact) mass is 290 g/mol. The number of nitrogens with one attached hydrogen (secondary N) is 1. The number of benzene rings is 1. The number of anilines is 3. The Balaban J connectivity index is 2.09. The van der Waals surface area contributed by atoms with Crippen LogP contribution in [0.15, 0.2) is 36.5 Å². The van der Waals surface area contributed by atoms with E-state index in [9.17, 15) is 0 Å². The van der Waals surface area contributed by atoms with Crippen LogP contribution < -0.4 is 10.2 Å². The number of hydrogen-bond donors (Lipinski definition) is 1. The van der Waals surface area contributed by atoms with Crippen LogP contribution in [-0.4, -0.2) is 23.6 Å². The van der Waals surface area contributed by atoms with Gasteiger partial charge < -0.3 is 10.2 Å². The van der Waals surface area contributed by atoms with Gasteiger partial charge in [0.05, 0.1) is 0 Å². The summed E-state index contributed by atoms with van der Waals surface area (Å²) in [5.41, 5.74) is 0.880. The predicted octanol–water partition coefficient (Wildman–Crippen LogP) is 4.11. The second-order valence-corrected chi connectivity index (χ2v) is 5.09. The third-order valence-corrected chi connectivity index (χ3v) is 3.19. The van der Waals surface area contributed by atoms with Gasteiger partial charge in [-0.25, -0.2) is 4.98 Å². The summed E-state index contributed by atoms with van der Waals surface area (Å²) < 4.78 is 0. The molecule has 0 atom stereocenters. The van der Waals surface area contributed by atoms with Gasteiger partial charge in [-0.3, -0.25) is 0 Å². The molecule has 0 amide bonds. The molecule has 1 aromatic heterocycles. The van der Waals surface area contributed by atoms with Crippen LogP contribution in [0.5, 0.6) is 0 Å². The zero-order chi connectivity index (χ0) is 14.4. The van der Waals surface area contributed by atoms with E-state index in [4.69, 9.17) is 11.6 Å². The summed E-state index contributed by atoms with van der Waals surface area (Å²) in [7, 11) is 2.04. The molecule has 0 bridgehead atoms. The average molecular weight is 291 g/mol. The highest BCUT2D eigenvalue weighted by atomic mass is 35.5. The molecule has 1 N–H and O–H groups in total. The van der Waals surface area contributed by atoms with Crippen LogP contribution in [0.3, 0.4) is 0 Å². The van der Waals surface area contributed by atoms with E-state index >= 15 is 0 Å². The van der Waals surface area contributed by atoms with Crippen molar-refractivity contribution >= 4 is 29.1 Å². The van der Waals surface area contributed by atoms with Crippen molar-refractivity contribution in [2.75, 3.05) is 23.8 Å². The Hall–Kier alpha value is -1.81. The van der Waals surface area contributed by atoms with Gasteiger partial charge in [0.2, 0.25) is 5.95 Å². The van der Waals surface area contributed by atoms with Crippen LogP contribution in [0.25, 0.3) is 0 Å². The minimum Gasteiger partial charge on any atom is -0.360 e. The molecule has 0 radical (unpaired) electrons. The van der Waals surface area contributed by atoms with Crippen LogP contribution in [0.1, 0.15) is 19.8 Å². The number of hydrogen-bond acceptors (Lipinski definition) is 4. The first-order valence-corrected chi connectivity index (χ1v) is 7.13. The molecule has 0 aliphatic rings. The molecule has 0 saturated carbocycles. The quantitative estimate of drug-likeness (QED) is 0.869. The molecule has 1 heterocycles. The van der Waals surface area contributed by atoms with Gasteiger partial charge in [0.15, 0.2) is 0 Å². The Labute approximate surface area is 124 Å². The lowest BCUT2D eigenvalue weighted by Crippen LogP contribution is -2.19. The van der Waals surface area contributed by atoms with Gasteiger partial charge in [0, 0.05) is 30.5 Å². The fourth-order valence-electron chi connectivity index (χ4n) is 1.83. The SMILES string of the molecule is CCCCN(C)c1ccnc(Nc2cccc(Cl)c2)n1. The Morgan fingerprint density at radius 1 is 1.30 bits per heavy atom. The summed E-state index contributed by atoms with van der Waals surface area (Å²) in [5.74, 6) is 1.49. The first kappa shape index (κ1) is 14.6. The van der Waals surface area contributed by atoms with E-state index in [2.05, 4.69) is 27.1 Å². The normalized spacial score (nSPS) is 10.3. The van der Waals surface area contributed by atoms with Crippen molar-refractivity contribution in [3.8, 4) is 0 Å². The van der Waals surface area contributed by atoms with Gasteiger partial charge >= 0.3 is 0 Å². The van der Waals surface area contributed by atoms with E-state index in [1.807, 2.05) is 37.4 Å². The highest BCUT2D eigenvalue weighted by Gasteiger charge is 2.04. The van der Waals surface area contributed by atoms with E-state index in [0.717, 1.165) is 24.5 Å². The summed E-state index contributed by atoms with van der Waals surface area (Å²) in [5, 5.41) is 3.85. The number of nitrogens with zero attached hydrogens (tertiary/aromatic N) is 3. The molecule has 0 fully saturated rings. The molecule has 5 heteroatoms. The topological polar surface area (TPSA) is 41.1 Å². The van der Waals surface area contributed by atoms with Gasteiger partial charge in [-0.15, -0.1) is 0 Å². The molecule has 106 valence electrons. The molecule has 20 heavy (non-hydrogen) atoms. The summed E-state index contributed by atoms with van der Waals surface area (Å²) in [6, 6.07) is 9.42. The molecule has 0 aliphatic carbocycles. The van der Waals surface area contributed by atoms with Gasteiger partial charge in [0.25, 0.3) is 0 Å². The van der Waals surface area contributed by atoms with Crippen molar-refractivity contribution in [1.29, 1.82) is 0 Å². The van der Waals surface area contributed by atoms with Crippen LogP contribution in [0, 0.1) is 0 Å². The van der Waals surface area contributed by atoms with E-state index < -0.39 is 0 Å². The van der Waals surface area contributed by atoms with E-state index in [-0.39, 0.29) is 0 Å². The van der Waals surface area contributed by atoms with Crippen molar-refractivity contribution in [3.05, 3.63) is 41.6 Å². The van der Waals surface area contributed by atoms with Crippen molar-refractivity contribution in [3.63, 3.8) is 0 Å². The van der Waals surface area contributed by atoms with Gasteiger partial charge in [-0.2, -0.15) is 4.98 Å². The molecule has 0 aliphatic heterocycles. The summed E-state index contributed by atoms with van der Waals surface area (Å²) in [6.45, 7) is 3.17. The molecular formula is C15H19ClN4. The predicted molar refractivity (Wildman–Crippen MR) is 84.9 cm³/mol. The number of rotatable bonds is 6. The summed E-state index contributed by atoms with van der Waals surface area (Å²) >= 11 is 5.96. The maximum Gasteiger partial charge on any atom is 0.229 e. The molecule has 0 saturated heterocycles. The van der Waals surface area contributed by atoms with Crippen LogP contribution in [-0.2, 0) is 0 Å². The van der Waals surface area contributed by atoms with Gasteiger partial charge in [0.1, 0.15) is 5.82 Å². The zero-order valence-corrected chi connectivity index (χ0v) is 12.6. The molecule has 0 spiro atoms. The minimum absolute atomic E-state index is 0.577. The smallest absolute Gasteiger partial charge is 0.229 e. The van der Waals surface area contributed by atoms with E-state index in [0.29, 0.717) is 11.0 Å². The first-order chi connectivity index (χ1) is 9.69. The maximum absolute atomic E-state index is 5.96.